The summed E-state index contributed by atoms with van der Waals surface area (Å²) in [4.78, 5) is 33.4. The number of carboxylic acid groups (broad SMARTS) is 2. The normalized spacial score (nSPS) is 25.4. The molecule has 6 aliphatic heterocycles. The SMILES string of the molecule is O=C(O)c1nsc2cc(N3C4CCC3CC3(C4)CN(Cc4c(-c5c(Cl)cc(C6CC6c6onc(-c7c(Cl)cccc7Cl)c6CN6CC7(CC8CCC7N8c7cc8snc(C(=O)O)c8cc7F)C6)cc5Cl)noc4C4CC4)C3)ccc12. The molecule has 8 aromatic rings. The first kappa shape index (κ1) is 50.4. The highest BCUT2D eigenvalue weighted by molar-refractivity contribution is 7.14. The predicted molar refractivity (Wildman–Crippen MR) is 307 cm³/mol. The number of aromatic carboxylic acids is 2. The van der Waals surface area contributed by atoms with Gasteiger partial charge in [-0.3, -0.25) is 9.80 Å². The van der Waals surface area contributed by atoms with Gasteiger partial charge in [-0.2, -0.15) is 8.75 Å². The summed E-state index contributed by atoms with van der Waals surface area (Å²) in [7, 11) is 0. The minimum atomic E-state index is -1.16. The summed E-state index contributed by atoms with van der Waals surface area (Å²) in [5.41, 5.74) is 7.62. The van der Waals surface area contributed by atoms with Crippen LogP contribution < -0.4 is 9.80 Å². The molecule has 8 aliphatic rings. The van der Waals surface area contributed by atoms with Crippen LogP contribution in [0.1, 0.15) is 131 Å². The maximum absolute atomic E-state index is 16.0. The number of carboxylic acids is 2. The second kappa shape index (κ2) is 18.3. The van der Waals surface area contributed by atoms with Crippen molar-refractivity contribution in [3.63, 3.8) is 0 Å². The Labute approximate surface area is 486 Å². The van der Waals surface area contributed by atoms with E-state index in [9.17, 15) is 19.8 Å². The zero-order chi connectivity index (χ0) is 54.2. The lowest BCUT2D eigenvalue weighted by molar-refractivity contribution is -0.0351. The average Bonchev–Trinajstić information content (AvgIpc) is 4.13. The Kier molecular flexibility index (Phi) is 11.5. The molecule has 21 heteroatoms. The van der Waals surface area contributed by atoms with Gasteiger partial charge in [0, 0.05) is 119 Å². The Hall–Kier alpha value is -5.37. The first-order chi connectivity index (χ1) is 38.7. The number of nitrogens with zero attached hydrogens (tertiary/aromatic N) is 8. The molecule has 6 saturated heterocycles. The lowest BCUT2D eigenvalue weighted by Gasteiger charge is -2.57. The Morgan fingerprint density at radius 1 is 0.650 bits per heavy atom. The van der Waals surface area contributed by atoms with Gasteiger partial charge in [-0.1, -0.05) is 62.8 Å². The van der Waals surface area contributed by atoms with Gasteiger partial charge in [0.2, 0.25) is 0 Å². The van der Waals surface area contributed by atoms with Gasteiger partial charge in [0.1, 0.15) is 28.7 Å². The van der Waals surface area contributed by atoms with E-state index in [1.165, 1.54) is 23.3 Å². The van der Waals surface area contributed by atoms with Gasteiger partial charge in [0.05, 0.1) is 35.2 Å². The highest BCUT2D eigenvalue weighted by Gasteiger charge is 2.62. The summed E-state index contributed by atoms with van der Waals surface area (Å²) < 4.78 is 38.5. The number of hydrogen-bond donors (Lipinski definition) is 2. The second-order valence-corrected chi connectivity index (χ2v) is 27.5. The topological polar surface area (TPSA) is 165 Å². The Bertz CT molecular complexity index is 3880. The minimum Gasteiger partial charge on any atom is -0.476 e. The van der Waals surface area contributed by atoms with Crippen LogP contribution >= 0.6 is 69.5 Å². The first-order valence-electron chi connectivity index (χ1n) is 27.6. The van der Waals surface area contributed by atoms with E-state index in [2.05, 4.69) is 40.5 Å². The van der Waals surface area contributed by atoms with Crippen molar-refractivity contribution < 1.29 is 33.2 Å². The van der Waals surface area contributed by atoms with Gasteiger partial charge in [-0.05, 0) is 159 Å². The largest absolute Gasteiger partial charge is 0.476 e. The molecule has 10 heterocycles. The summed E-state index contributed by atoms with van der Waals surface area (Å²) in [6, 6.07) is 20.0. The van der Waals surface area contributed by atoms with E-state index in [1.807, 2.05) is 36.4 Å². The van der Waals surface area contributed by atoms with Crippen LogP contribution in [0.25, 0.3) is 42.7 Å². The van der Waals surface area contributed by atoms with Crippen LogP contribution in [-0.2, 0) is 13.1 Å². The summed E-state index contributed by atoms with van der Waals surface area (Å²) in [5, 5.41) is 31.8. The van der Waals surface area contributed by atoms with Crippen LogP contribution in [0.3, 0.4) is 0 Å². The molecule has 4 aromatic carbocycles. The van der Waals surface area contributed by atoms with E-state index in [4.69, 9.17) is 65.8 Å². The fourth-order valence-corrected chi connectivity index (χ4v) is 18.8. The van der Waals surface area contributed by atoms with Crippen molar-refractivity contribution in [3.05, 3.63) is 126 Å². The molecular weight excluding hydrogens is 1140 g/mol. The van der Waals surface area contributed by atoms with Crippen molar-refractivity contribution in [2.75, 3.05) is 36.0 Å². The molecule has 6 unspecified atom stereocenters. The average molecular weight is 1190 g/mol. The molecule has 6 atom stereocenters. The van der Waals surface area contributed by atoms with Gasteiger partial charge in [-0.25, -0.2) is 14.0 Å². The Morgan fingerprint density at radius 2 is 1.24 bits per heavy atom. The number of halogens is 5. The third kappa shape index (κ3) is 7.87. The molecule has 14 nitrogen and oxygen atoms in total. The fourth-order valence-electron chi connectivity index (χ4n) is 16.0. The molecule has 2 saturated carbocycles. The maximum Gasteiger partial charge on any atom is 0.356 e. The van der Waals surface area contributed by atoms with Crippen molar-refractivity contribution >= 4 is 113 Å². The standard InChI is InChI=1S/C59H51Cl4FN8O6S2/c60-39-2-1-3-40(61)48(39)51-38(22-70-25-59(26-70)20-32-9-11-47(59)72(32)44-17-46-36(16-43(44)64)53(57(75)76)68-80-46)55(78-66-51)35-15-34(35)28-12-41(62)49(42(63)13-28)50-37(54(77-65-50)27-4-5-27)21-69-23-58(24-69)18-30-6-7-31(19-58)71(30)29-8-10-33-45(14-29)79-67-52(33)56(73)74/h1-3,8,10,12-14,16-17,27,30-32,34-35,47H,4-7,9,11,15,18-26H2,(H,73,74)(H,75,76). The number of hydrogen-bond acceptors (Lipinski definition) is 14. The quantitative estimate of drug-likeness (QED) is 0.112. The molecule has 80 heavy (non-hydrogen) atoms. The molecule has 2 spiro atoms. The number of benzene rings is 4. The second-order valence-electron chi connectivity index (χ2n) is 24.3. The third-order valence-corrected chi connectivity index (χ3v) is 22.2. The molecule has 0 amide bonds. The van der Waals surface area contributed by atoms with Crippen LogP contribution in [0.15, 0.2) is 69.7 Å². The smallest absolute Gasteiger partial charge is 0.356 e. The molecule has 4 bridgehead atoms. The van der Waals surface area contributed by atoms with Crippen LogP contribution in [0.4, 0.5) is 15.8 Å². The van der Waals surface area contributed by atoms with Crippen molar-refractivity contribution in [1.82, 2.24) is 28.9 Å². The molecule has 4 aromatic heterocycles. The van der Waals surface area contributed by atoms with Gasteiger partial charge in [0.15, 0.2) is 11.4 Å². The zero-order valence-corrected chi connectivity index (χ0v) is 47.6. The van der Waals surface area contributed by atoms with Crippen LogP contribution in [0.2, 0.25) is 20.1 Å². The molecule has 0 radical (unpaired) electrons. The highest BCUT2D eigenvalue weighted by Crippen LogP contribution is 2.61. The molecule has 16 rings (SSSR count). The maximum atomic E-state index is 16.0. The summed E-state index contributed by atoms with van der Waals surface area (Å²) in [6.07, 6.45) is 10.4. The van der Waals surface area contributed by atoms with E-state index >= 15 is 4.39 Å². The van der Waals surface area contributed by atoms with Gasteiger partial charge >= 0.3 is 11.9 Å². The lowest BCUT2D eigenvalue weighted by atomic mass is 9.68. The fraction of sp³-hybridized carbons (Fsp3) is 0.424. The van der Waals surface area contributed by atoms with E-state index in [-0.39, 0.29) is 46.1 Å². The van der Waals surface area contributed by atoms with Crippen molar-refractivity contribution in [2.45, 2.75) is 119 Å². The van der Waals surface area contributed by atoms with Gasteiger partial charge in [0.25, 0.3) is 0 Å². The summed E-state index contributed by atoms with van der Waals surface area (Å²) >= 11 is 30.8. The molecule has 2 aliphatic carbocycles. The monoisotopic (exact) mass is 1190 g/mol. The molecule has 2 N–H and O–H groups in total. The first-order valence-corrected chi connectivity index (χ1v) is 30.6. The van der Waals surface area contributed by atoms with E-state index in [1.54, 1.807) is 6.07 Å². The number of aromatic nitrogens is 4. The Morgan fingerprint density at radius 3 is 1.90 bits per heavy atom. The minimum absolute atomic E-state index is 0.00365. The van der Waals surface area contributed by atoms with Crippen LogP contribution in [0, 0.1) is 16.6 Å². The van der Waals surface area contributed by atoms with E-state index in [0.29, 0.717) is 94.9 Å². The number of piperidine rings is 1. The summed E-state index contributed by atoms with van der Waals surface area (Å²) in [6.45, 7) is 4.91. The zero-order valence-electron chi connectivity index (χ0n) is 42.9. The molecule has 410 valence electrons. The molecular formula is C59H51Cl4FN8O6S2. The van der Waals surface area contributed by atoms with Crippen molar-refractivity contribution in [3.8, 4) is 22.5 Å². The predicted octanol–water partition coefficient (Wildman–Crippen LogP) is 14.4. The van der Waals surface area contributed by atoms with E-state index in [0.717, 1.165) is 135 Å². The van der Waals surface area contributed by atoms with Crippen LogP contribution in [0.5, 0.6) is 0 Å². The van der Waals surface area contributed by atoms with Crippen molar-refractivity contribution in [1.29, 1.82) is 0 Å². The number of rotatable bonds is 13. The summed E-state index contributed by atoms with van der Waals surface area (Å²) in [5.74, 6) is -0.421. The Balaban J connectivity index is 0.628. The van der Waals surface area contributed by atoms with Gasteiger partial charge < -0.3 is 29.1 Å². The van der Waals surface area contributed by atoms with E-state index < -0.39 is 17.8 Å². The number of fused-ring (bicyclic) bond motifs is 7. The molecule has 8 fully saturated rings. The lowest BCUT2D eigenvalue weighted by Crippen LogP contribution is -2.62. The van der Waals surface area contributed by atoms with Crippen LogP contribution in [-0.4, -0.2) is 101 Å². The highest BCUT2D eigenvalue weighted by atomic mass is 35.5. The van der Waals surface area contributed by atoms with Crippen molar-refractivity contribution in [2.24, 2.45) is 10.8 Å². The van der Waals surface area contributed by atoms with Gasteiger partial charge in [-0.15, -0.1) is 0 Å². The number of anilines is 2. The number of carbonyl (C=O) groups is 2. The third-order valence-electron chi connectivity index (χ3n) is 19.4. The number of likely N-dealkylation sites (tertiary alicyclic amines) is 2.